The highest BCUT2D eigenvalue weighted by Gasteiger charge is 2.35. The highest BCUT2D eigenvalue weighted by atomic mass is 32.2. The zero-order chi connectivity index (χ0) is 22.1. The van der Waals surface area contributed by atoms with Gasteiger partial charge in [0.1, 0.15) is 0 Å². The van der Waals surface area contributed by atoms with E-state index in [1.165, 1.54) is 24.3 Å². The summed E-state index contributed by atoms with van der Waals surface area (Å²) >= 11 is 0. The number of likely N-dealkylation sites (N-methyl/N-ethyl adjacent to an activating group) is 1. The smallest absolute Gasteiger partial charge is 0.369 e. The standard InChI is InChI=1S/C20H22F3N3O3S/c1-25-8-10-26(11-9-25)15-6-7-18(17(13-15)20(21,22)23)24-19(27)14-4-3-5-16(12-14)30(2,28)29/h3-7,12-13H,8-11H2,1-2H3,(H,24,27). The van der Waals surface area contributed by atoms with Gasteiger partial charge in [-0.1, -0.05) is 6.07 Å². The van der Waals surface area contributed by atoms with Crippen LogP contribution in [-0.2, 0) is 16.0 Å². The molecule has 0 aromatic heterocycles. The van der Waals surface area contributed by atoms with Gasteiger partial charge in [0, 0.05) is 43.7 Å². The Morgan fingerprint density at radius 1 is 1.03 bits per heavy atom. The van der Waals surface area contributed by atoms with Gasteiger partial charge in [-0.15, -0.1) is 0 Å². The minimum absolute atomic E-state index is 0.0470. The van der Waals surface area contributed by atoms with Crippen molar-refractivity contribution in [2.24, 2.45) is 0 Å². The number of benzene rings is 2. The minimum atomic E-state index is -4.67. The fraction of sp³-hybridized carbons (Fsp3) is 0.350. The molecule has 1 N–H and O–H groups in total. The number of amides is 1. The number of halogens is 3. The van der Waals surface area contributed by atoms with Gasteiger partial charge < -0.3 is 15.1 Å². The molecule has 0 unspecified atom stereocenters. The van der Waals surface area contributed by atoms with Gasteiger partial charge in [0.25, 0.3) is 5.91 Å². The van der Waals surface area contributed by atoms with Crippen molar-refractivity contribution in [3.8, 4) is 0 Å². The quantitative estimate of drug-likeness (QED) is 0.790. The average molecular weight is 441 g/mol. The van der Waals surface area contributed by atoms with Crippen LogP contribution in [0.25, 0.3) is 0 Å². The third-order valence-corrected chi connectivity index (χ3v) is 6.06. The number of nitrogens with zero attached hydrogens (tertiary/aromatic N) is 2. The zero-order valence-corrected chi connectivity index (χ0v) is 17.3. The van der Waals surface area contributed by atoms with Crippen LogP contribution in [0.1, 0.15) is 15.9 Å². The average Bonchev–Trinajstić information content (AvgIpc) is 2.67. The first kappa shape index (κ1) is 22.1. The summed E-state index contributed by atoms with van der Waals surface area (Å²) < 4.78 is 64.4. The summed E-state index contributed by atoms with van der Waals surface area (Å²) in [5.74, 6) is -0.821. The lowest BCUT2D eigenvalue weighted by molar-refractivity contribution is -0.136. The number of rotatable bonds is 4. The fourth-order valence-electron chi connectivity index (χ4n) is 3.20. The molecular formula is C20H22F3N3O3S. The second-order valence-corrected chi connectivity index (χ2v) is 9.29. The second-order valence-electron chi connectivity index (χ2n) is 7.27. The van der Waals surface area contributed by atoms with E-state index in [1.807, 2.05) is 11.9 Å². The molecule has 0 saturated carbocycles. The largest absolute Gasteiger partial charge is 0.418 e. The Labute approximate surface area is 173 Å². The molecule has 2 aromatic rings. The summed E-state index contributed by atoms with van der Waals surface area (Å²) in [5, 5.41) is 2.27. The van der Waals surface area contributed by atoms with E-state index in [1.54, 1.807) is 6.07 Å². The molecule has 10 heteroatoms. The Morgan fingerprint density at radius 3 is 2.30 bits per heavy atom. The summed E-state index contributed by atoms with van der Waals surface area (Å²) in [6.45, 7) is 2.71. The van der Waals surface area contributed by atoms with Crippen LogP contribution in [-0.4, -0.2) is 58.7 Å². The van der Waals surface area contributed by atoms with Crippen molar-refractivity contribution in [1.29, 1.82) is 0 Å². The van der Waals surface area contributed by atoms with Crippen LogP contribution >= 0.6 is 0 Å². The number of nitrogens with one attached hydrogen (secondary N) is 1. The van der Waals surface area contributed by atoms with E-state index < -0.39 is 27.5 Å². The van der Waals surface area contributed by atoms with Crippen LogP contribution in [0.2, 0.25) is 0 Å². The Hall–Kier alpha value is -2.59. The third kappa shape index (κ3) is 5.11. The monoisotopic (exact) mass is 441 g/mol. The van der Waals surface area contributed by atoms with Crippen molar-refractivity contribution < 1.29 is 26.4 Å². The first-order valence-electron chi connectivity index (χ1n) is 9.21. The minimum Gasteiger partial charge on any atom is -0.369 e. The fourth-order valence-corrected chi connectivity index (χ4v) is 3.87. The summed E-state index contributed by atoms with van der Waals surface area (Å²) in [5.41, 5.74) is -0.941. The van der Waals surface area contributed by atoms with Crippen LogP contribution in [0.15, 0.2) is 47.4 Å². The van der Waals surface area contributed by atoms with Crippen LogP contribution in [0.3, 0.4) is 0 Å². The maximum atomic E-state index is 13.7. The van der Waals surface area contributed by atoms with E-state index >= 15 is 0 Å². The van der Waals surface area contributed by atoms with E-state index in [0.717, 1.165) is 31.5 Å². The van der Waals surface area contributed by atoms with Crippen molar-refractivity contribution in [1.82, 2.24) is 4.90 Å². The van der Waals surface area contributed by atoms with Crippen molar-refractivity contribution >= 4 is 27.1 Å². The molecule has 1 amide bonds. The van der Waals surface area contributed by atoms with Crippen molar-refractivity contribution in [2.75, 3.05) is 49.7 Å². The van der Waals surface area contributed by atoms with Crippen LogP contribution in [0.5, 0.6) is 0 Å². The Balaban J connectivity index is 1.89. The number of carbonyl (C=O) groups excluding carboxylic acids is 1. The molecule has 3 rings (SSSR count). The van der Waals surface area contributed by atoms with E-state index in [0.29, 0.717) is 18.8 Å². The lowest BCUT2D eigenvalue weighted by Gasteiger charge is -2.34. The van der Waals surface area contributed by atoms with Gasteiger partial charge in [-0.3, -0.25) is 4.79 Å². The van der Waals surface area contributed by atoms with E-state index in [4.69, 9.17) is 0 Å². The summed E-state index contributed by atoms with van der Waals surface area (Å²) in [7, 11) is -1.60. The van der Waals surface area contributed by atoms with Gasteiger partial charge in [-0.25, -0.2) is 8.42 Å². The van der Waals surface area contributed by atoms with E-state index in [2.05, 4.69) is 10.2 Å². The first-order chi connectivity index (χ1) is 13.9. The number of anilines is 2. The second kappa shape index (κ2) is 8.27. The van der Waals surface area contributed by atoms with Gasteiger partial charge >= 0.3 is 6.18 Å². The van der Waals surface area contributed by atoms with Gasteiger partial charge in [0.15, 0.2) is 9.84 Å². The number of piperazine rings is 1. The predicted octanol–water partition coefficient (Wildman–Crippen LogP) is 3.11. The Morgan fingerprint density at radius 2 is 1.70 bits per heavy atom. The van der Waals surface area contributed by atoms with Gasteiger partial charge in [-0.2, -0.15) is 13.2 Å². The molecule has 162 valence electrons. The molecule has 0 radical (unpaired) electrons. The molecular weight excluding hydrogens is 419 g/mol. The highest BCUT2D eigenvalue weighted by Crippen LogP contribution is 2.37. The molecule has 0 aliphatic carbocycles. The molecule has 0 spiro atoms. The zero-order valence-electron chi connectivity index (χ0n) is 16.5. The number of hydrogen-bond acceptors (Lipinski definition) is 5. The van der Waals surface area contributed by atoms with E-state index in [9.17, 15) is 26.4 Å². The van der Waals surface area contributed by atoms with Crippen LogP contribution in [0.4, 0.5) is 24.5 Å². The van der Waals surface area contributed by atoms with E-state index in [-0.39, 0.29) is 16.1 Å². The lowest BCUT2D eigenvalue weighted by atomic mass is 10.1. The molecule has 1 aliphatic heterocycles. The Kier molecular flexibility index (Phi) is 6.09. The van der Waals surface area contributed by atoms with Gasteiger partial charge in [0.05, 0.1) is 16.1 Å². The molecule has 1 saturated heterocycles. The molecule has 2 aromatic carbocycles. The normalized spacial score (nSPS) is 15.8. The van der Waals surface area contributed by atoms with Crippen LogP contribution < -0.4 is 10.2 Å². The SMILES string of the molecule is CN1CCN(c2ccc(NC(=O)c3cccc(S(C)(=O)=O)c3)c(C(F)(F)F)c2)CC1. The molecule has 30 heavy (non-hydrogen) atoms. The van der Waals surface area contributed by atoms with Crippen molar-refractivity contribution in [2.45, 2.75) is 11.1 Å². The lowest BCUT2D eigenvalue weighted by Crippen LogP contribution is -2.44. The van der Waals surface area contributed by atoms with Crippen molar-refractivity contribution in [3.63, 3.8) is 0 Å². The summed E-state index contributed by atoms with van der Waals surface area (Å²) in [6, 6.07) is 8.97. The van der Waals surface area contributed by atoms with Crippen molar-refractivity contribution in [3.05, 3.63) is 53.6 Å². The predicted molar refractivity (Wildman–Crippen MR) is 109 cm³/mol. The molecule has 1 fully saturated rings. The topological polar surface area (TPSA) is 69.7 Å². The number of sulfone groups is 1. The van der Waals surface area contributed by atoms with Crippen LogP contribution in [0, 0.1) is 0 Å². The summed E-state index contributed by atoms with van der Waals surface area (Å²) in [6.07, 6.45) is -3.68. The third-order valence-electron chi connectivity index (χ3n) is 4.95. The maximum absolute atomic E-state index is 13.7. The molecule has 1 heterocycles. The first-order valence-corrected chi connectivity index (χ1v) is 11.1. The molecule has 0 bridgehead atoms. The molecule has 6 nitrogen and oxygen atoms in total. The van der Waals surface area contributed by atoms with Gasteiger partial charge in [-0.05, 0) is 43.4 Å². The maximum Gasteiger partial charge on any atom is 0.418 e. The molecule has 0 atom stereocenters. The number of alkyl halides is 3. The summed E-state index contributed by atoms with van der Waals surface area (Å²) in [4.78, 5) is 16.4. The number of carbonyl (C=O) groups is 1. The number of hydrogen-bond donors (Lipinski definition) is 1. The Bertz CT molecular complexity index is 1050. The molecule has 1 aliphatic rings. The highest BCUT2D eigenvalue weighted by molar-refractivity contribution is 7.90. The van der Waals surface area contributed by atoms with Gasteiger partial charge in [0.2, 0.25) is 0 Å².